The maximum atomic E-state index is 3.56. The standard InChI is InChI=1S/C18H30N2/c1-14-9-10-16(13-15(14)2)17(19-5)18(3,4)20-11-7-6-8-12-20/h9-10,13,17,19H,6-8,11-12H2,1-5H3. The molecule has 1 unspecified atom stereocenters. The number of likely N-dealkylation sites (tertiary alicyclic amines) is 1. The summed E-state index contributed by atoms with van der Waals surface area (Å²) in [6, 6.07) is 7.26. The van der Waals surface area contributed by atoms with Crippen molar-refractivity contribution in [1.29, 1.82) is 0 Å². The molecule has 0 amide bonds. The summed E-state index contributed by atoms with van der Waals surface area (Å²) in [5.74, 6) is 0. The van der Waals surface area contributed by atoms with Crippen LogP contribution in [0.4, 0.5) is 0 Å². The van der Waals surface area contributed by atoms with E-state index in [1.165, 1.54) is 49.0 Å². The smallest absolute Gasteiger partial charge is 0.0499 e. The molecule has 1 atom stereocenters. The number of piperidine rings is 1. The molecule has 0 spiro atoms. The van der Waals surface area contributed by atoms with Gasteiger partial charge < -0.3 is 5.32 Å². The molecular formula is C18H30N2. The molecule has 0 aromatic heterocycles. The monoisotopic (exact) mass is 274 g/mol. The van der Waals surface area contributed by atoms with Gasteiger partial charge in [-0.2, -0.15) is 0 Å². The molecule has 1 saturated heterocycles. The van der Waals surface area contributed by atoms with E-state index >= 15 is 0 Å². The second kappa shape index (κ2) is 6.28. The van der Waals surface area contributed by atoms with Crippen LogP contribution < -0.4 is 5.32 Å². The highest BCUT2D eigenvalue weighted by Crippen LogP contribution is 2.33. The minimum Gasteiger partial charge on any atom is -0.311 e. The fourth-order valence-corrected chi connectivity index (χ4v) is 3.52. The Morgan fingerprint density at radius 2 is 1.70 bits per heavy atom. The molecule has 112 valence electrons. The lowest BCUT2D eigenvalue weighted by Gasteiger charge is -2.46. The first-order valence-electron chi connectivity index (χ1n) is 7.96. The Balaban J connectivity index is 2.27. The Morgan fingerprint density at radius 3 is 2.25 bits per heavy atom. The molecule has 2 rings (SSSR count). The Bertz CT molecular complexity index is 445. The zero-order chi connectivity index (χ0) is 14.8. The van der Waals surface area contributed by atoms with Crippen molar-refractivity contribution in [3.8, 4) is 0 Å². The molecule has 1 aliphatic rings. The van der Waals surface area contributed by atoms with Crippen LogP contribution in [0.2, 0.25) is 0 Å². The maximum absolute atomic E-state index is 3.56. The number of nitrogens with one attached hydrogen (secondary N) is 1. The van der Waals surface area contributed by atoms with Crippen molar-refractivity contribution < 1.29 is 0 Å². The summed E-state index contributed by atoms with van der Waals surface area (Å²) in [5.41, 5.74) is 4.32. The Labute approximate surface area is 124 Å². The van der Waals surface area contributed by atoms with Crippen LogP contribution in [0.1, 0.15) is 55.8 Å². The first-order valence-corrected chi connectivity index (χ1v) is 7.96. The highest BCUT2D eigenvalue weighted by atomic mass is 15.2. The number of rotatable bonds is 4. The highest BCUT2D eigenvalue weighted by Gasteiger charge is 2.36. The largest absolute Gasteiger partial charge is 0.311 e. The number of likely N-dealkylation sites (N-methyl/N-ethyl adjacent to an activating group) is 1. The molecule has 0 bridgehead atoms. The lowest BCUT2D eigenvalue weighted by atomic mass is 9.84. The van der Waals surface area contributed by atoms with Gasteiger partial charge in [0.1, 0.15) is 0 Å². The summed E-state index contributed by atoms with van der Waals surface area (Å²) in [6.07, 6.45) is 4.07. The molecule has 1 aromatic carbocycles. The molecule has 2 nitrogen and oxygen atoms in total. The van der Waals surface area contributed by atoms with Gasteiger partial charge in [0.15, 0.2) is 0 Å². The third-order valence-corrected chi connectivity index (χ3v) is 5.03. The third-order valence-electron chi connectivity index (χ3n) is 5.03. The SMILES string of the molecule is CNC(c1ccc(C)c(C)c1)C(C)(C)N1CCCCC1. The Hall–Kier alpha value is -0.860. The third kappa shape index (κ3) is 3.07. The molecular weight excluding hydrogens is 244 g/mol. The van der Waals surface area contributed by atoms with Crippen LogP contribution in [0, 0.1) is 13.8 Å². The van der Waals surface area contributed by atoms with E-state index in [1.54, 1.807) is 0 Å². The van der Waals surface area contributed by atoms with E-state index in [2.05, 4.69) is 63.2 Å². The number of aryl methyl sites for hydroxylation is 2. The minimum absolute atomic E-state index is 0.150. The molecule has 0 aliphatic carbocycles. The molecule has 1 aliphatic heterocycles. The van der Waals surface area contributed by atoms with Gasteiger partial charge in [0.05, 0.1) is 0 Å². The van der Waals surface area contributed by atoms with Crippen molar-refractivity contribution in [2.75, 3.05) is 20.1 Å². The molecule has 1 fully saturated rings. The first-order chi connectivity index (χ1) is 9.46. The zero-order valence-electron chi connectivity index (χ0n) is 13.8. The minimum atomic E-state index is 0.150. The average molecular weight is 274 g/mol. The van der Waals surface area contributed by atoms with Crippen LogP contribution >= 0.6 is 0 Å². The second-order valence-electron chi connectivity index (χ2n) is 6.77. The number of benzene rings is 1. The first kappa shape index (κ1) is 15.5. The van der Waals surface area contributed by atoms with Gasteiger partial charge in [-0.15, -0.1) is 0 Å². The molecule has 0 saturated carbocycles. The summed E-state index contributed by atoms with van der Waals surface area (Å²) >= 11 is 0. The van der Waals surface area contributed by atoms with E-state index in [1.807, 2.05) is 0 Å². The normalized spacial score (nSPS) is 19.1. The van der Waals surface area contributed by atoms with Gasteiger partial charge in [-0.1, -0.05) is 24.6 Å². The number of hydrogen-bond donors (Lipinski definition) is 1. The summed E-state index contributed by atoms with van der Waals surface area (Å²) in [7, 11) is 2.09. The quantitative estimate of drug-likeness (QED) is 0.897. The van der Waals surface area contributed by atoms with E-state index in [9.17, 15) is 0 Å². The molecule has 0 radical (unpaired) electrons. The van der Waals surface area contributed by atoms with Crippen LogP contribution in [0.25, 0.3) is 0 Å². The van der Waals surface area contributed by atoms with Gasteiger partial charge in [0, 0.05) is 11.6 Å². The van der Waals surface area contributed by atoms with Crippen molar-refractivity contribution in [1.82, 2.24) is 10.2 Å². The van der Waals surface area contributed by atoms with E-state index in [-0.39, 0.29) is 5.54 Å². The predicted molar refractivity (Wildman–Crippen MR) is 87.2 cm³/mol. The Morgan fingerprint density at radius 1 is 1.05 bits per heavy atom. The van der Waals surface area contributed by atoms with Crippen molar-refractivity contribution in [3.05, 3.63) is 34.9 Å². The van der Waals surface area contributed by atoms with E-state index in [0.29, 0.717) is 6.04 Å². The van der Waals surface area contributed by atoms with Crippen molar-refractivity contribution in [2.45, 2.75) is 58.5 Å². The van der Waals surface area contributed by atoms with Gasteiger partial charge >= 0.3 is 0 Å². The molecule has 1 heterocycles. The lowest BCUT2D eigenvalue weighted by Crippen LogP contribution is -2.53. The lowest BCUT2D eigenvalue weighted by molar-refractivity contribution is 0.0632. The summed E-state index contributed by atoms with van der Waals surface area (Å²) in [6.45, 7) is 11.6. The Kier molecular flexibility index (Phi) is 4.87. The van der Waals surface area contributed by atoms with Gasteiger partial charge in [-0.05, 0) is 77.4 Å². The van der Waals surface area contributed by atoms with E-state index < -0.39 is 0 Å². The molecule has 1 aromatic rings. The van der Waals surface area contributed by atoms with Gasteiger partial charge in [0.25, 0.3) is 0 Å². The van der Waals surface area contributed by atoms with Crippen LogP contribution in [0.3, 0.4) is 0 Å². The number of nitrogens with zero attached hydrogens (tertiary/aromatic N) is 1. The van der Waals surface area contributed by atoms with Crippen molar-refractivity contribution in [2.24, 2.45) is 0 Å². The molecule has 20 heavy (non-hydrogen) atoms. The fourth-order valence-electron chi connectivity index (χ4n) is 3.52. The van der Waals surface area contributed by atoms with Crippen LogP contribution in [-0.2, 0) is 0 Å². The topological polar surface area (TPSA) is 15.3 Å². The van der Waals surface area contributed by atoms with Crippen molar-refractivity contribution >= 4 is 0 Å². The highest BCUT2D eigenvalue weighted by molar-refractivity contribution is 5.33. The predicted octanol–water partition coefficient (Wildman–Crippen LogP) is 3.83. The van der Waals surface area contributed by atoms with Crippen LogP contribution in [0.15, 0.2) is 18.2 Å². The zero-order valence-corrected chi connectivity index (χ0v) is 13.8. The average Bonchev–Trinajstić information content (AvgIpc) is 2.44. The molecule has 2 heteroatoms. The van der Waals surface area contributed by atoms with Crippen molar-refractivity contribution in [3.63, 3.8) is 0 Å². The maximum Gasteiger partial charge on any atom is 0.0499 e. The second-order valence-corrected chi connectivity index (χ2v) is 6.77. The van der Waals surface area contributed by atoms with Gasteiger partial charge in [-0.3, -0.25) is 4.90 Å². The summed E-state index contributed by atoms with van der Waals surface area (Å²) < 4.78 is 0. The summed E-state index contributed by atoms with van der Waals surface area (Å²) in [5, 5.41) is 3.56. The van der Waals surface area contributed by atoms with Crippen LogP contribution in [0.5, 0.6) is 0 Å². The van der Waals surface area contributed by atoms with E-state index in [0.717, 1.165) is 0 Å². The summed E-state index contributed by atoms with van der Waals surface area (Å²) in [4.78, 5) is 2.66. The number of hydrogen-bond acceptors (Lipinski definition) is 2. The van der Waals surface area contributed by atoms with E-state index in [4.69, 9.17) is 0 Å². The molecule has 1 N–H and O–H groups in total. The van der Waals surface area contributed by atoms with Crippen LogP contribution in [-0.4, -0.2) is 30.6 Å². The van der Waals surface area contributed by atoms with Gasteiger partial charge in [-0.25, -0.2) is 0 Å². The fraction of sp³-hybridized carbons (Fsp3) is 0.667. The van der Waals surface area contributed by atoms with Gasteiger partial charge in [0.2, 0.25) is 0 Å².